The van der Waals surface area contributed by atoms with Gasteiger partial charge in [-0.25, -0.2) is 9.59 Å². The Bertz CT molecular complexity index is 562. The predicted octanol–water partition coefficient (Wildman–Crippen LogP) is 4.86. The van der Waals surface area contributed by atoms with Crippen LogP contribution in [0.3, 0.4) is 0 Å². The molecule has 1 rings (SSSR count). The van der Waals surface area contributed by atoms with Crippen LogP contribution in [0.4, 0.5) is 0 Å². The summed E-state index contributed by atoms with van der Waals surface area (Å²) in [5.41, 5.74) is -0.651. The van der Waals surface area contributed by atoms with Gasteiger partial charge in [0.25, 0.3) is 0 Å². The maximum Gasteiger partial charge on any atom is 0.345 e. The molecule has 1 atom stereocenters. The van der Waals surface area contributed by atoms with Crippen molar-refractivity contribution in [3.63, 3.8) is 0 Å². The summed E-state index contributed by atoms with van der Waals surface area (Å²) in [5, 5.41) is 0. The third kappa shape index (κ3) is 6.15. The monoisotopic (exact) mass is 362 g/mol. The van der Waals surface area contributed by atoms with Gasteiger partial charge in [-0.15, -0.1) is 0 Å². The van der Waals surface area contributed by atoms with E-state index >= 15 is 0 Å². The Morgan fingerprint density at radius 3 is 1.85 bits per heavy atom. The normalized spacial score (nSPS) is 19.6. The molecule has 26 heavy (non-hydrogen) atoms. The molecule has 1 aliphatic carbocycles. The zero-order valence-electron chi connectivity index (χ0n) is 17.3. The molecule has 4 nitrogen and oxygen atoms in total. The molecular weight excluding hydrogens is 328 g/mol. The van der Waals surface area contributed by atoms with E-state index in [0.29, 0.717) is 6.42 Å². The fraction of sp³-hybridized carbons (Fsp3) is 0.636. The molecule has 1 aliphatic rings. The van der Waals surface area contributed by atoms with Gasteiger partial charge in [-0.1, -0.05) is 78.8 Å². The number of hydrogen-bond acceptors (Lipinski definition) is 4. The summed E-state index contributed by atoms with van der Waals surface area (Å²) in [5.74, 6) is -0.833. The second kappa shape index (κ2) is 9.20. The van der Waals surface area contributed by atoms with E-state index in [2.05, 4.69) is 32.9 Å². The number of allylic oxidation sites excluding steroid dienone is 5. The summed E-state index contributed by atoms with van der Waals surface area (Å²) >= 11 is 0. The van der Waals surface area contributed by atoms with Gasteiger partial charge in [0.1, 0.15) is 5.57 Å². The molecule has 0 fully saturated rings. The number of esters is 2. The largest absolute Gasteiger partial charge is 0.462 e. The van der Waals surface area contributed by atoms with Crippen LogP contribution in [0.5, 0.6) is 0 Å². The van der Waals surface area contributed by atoms with Crippen molar-refractivity contribution < 1.29 is 19.1 Å². The third-order valence-corrected chi connectivity index (χ3v) is 4.43. The maximum absolute atomic E-state index is 12.6. The van der Waals surface area contributed by atoms with E-state index in [1.807, 2.05) is 39.8 Å². The van der Waals surface area contributed by atoms with Gasteiger partial charge in [-0.3, -0.25) is 0 Å². The standard InChI is InChI=1S/C22H34O4/c1-16(2)14-25-19(23)18(20(24)26-15-17(3)4)13-22(21(5,6)7)11-9-8-10-12-22/h8-11,13,16-17H,12,14-15H2,1-7H3. The summed E-state index contributed by atoms with van der Waals surface area (Å²) < 4.78 is 10.7. The molecule has 0 saturated carbocycles. The summed E-state index contributed by atoms with van der Waals surface area (Å²) in [6, 6.07) is 0. The first-order chi connectivity index (χ1) is 12.0. The molecule has 0 amide bonds. The van der Waals surface area contributed by atoms with Crippen molar-refractivity contribution in [1.29, 1.82) is 0 Å². The first-order valence-electron chi connectivity index (χ1n) is 9.40. The summed E-state index contributed by atoms with van der Waals surface area (Å²) in [6.07, 6.45) is 10.5. The lowest BCUT2D eigenvalue weighted by Crippen LogP contribution is -2.34. The fourth-order valence-corrected chi connectivity index (χ4v) is 2.62. The highest BCUT2D eigenvalue weighted by Crippen LogP contribution is 2.47. The van der Waals surface area contributed by atoms with Crippen LogP contribution in [0.1, 0.15) is 54.9 Å². The van der Waals surface area contributed by atoms with Crippen LogP contribution in [0.2, 0.25) is 0 Å². The van der Waals surface area contributed by atoms with Crippen LogP contribution in [-0.4, -0.2) is 25.2 Å². The lowest BCUT2D eigenvalue weighted by molar-refractivity contribution is -0.148. The van der Waals surface area contributed by atoms with E-state index in [0.717, 1.165) is 0 Å². The highest BCUT2D eigenvalue weighted by molar-refractivity contribution is 6.14. The van der Waals surface area contributed by atoms with Gasteiger partial charge >= 0.3 is 11.9 Å². The van der Waals surface area contributed by atoms with Gasteiger partial charge in [-0.05, 0) is 23.7 Å². The smallest absolute Gasteiger partial charge is 0.345 e. The number of carbonyl (C=O) groups is 2. The van der Waals surface area contributed by atoms with Crippen LogP contribution < -0.4 is 0 Å². The first-order valence-corrected chi connectivity index (χ1v) is 9.40. The molecule has 0 radical (unpaired) electrons. The molecule has 0 heterocycles. The van der Waals surface area contributed by atoms with Crippen LogP contribution in [0.25, 0.3) is 0 Å². The topological polar surface area (TPSA) is 52.6 Å². The summed E-state index contributed by atoms with van der Waals surface area (Å²) in [4.78, 5) is 25.3. The first kappa shape index (κ1) is 22.2. The van der Waals surface area contributed by atoms with Crippen LogP contribution in [0, 0.1) is 22.7 Å². The molecular formula is C22H34O4. The second-order valence-electron chi connectivity index (χ2n) is 8.82. The van der Waals surface area contributed by atoms with Gasteiger partial charge in [0.15, 0.2) is 0 Å². The molecule has 0 aliphatic heterocycles. The van der Waals surface area contributed by atoms with E-state index in [-0.39, 0.29) is 36.0 Å². The van der Waals surface area contributed by atoms with Crippen molar-refractivity contribution in [2.75, 3.05) is 13.2 Å². The lowest BCUT2D eigenvalue weighted by Gasteiger charge is -2.41. The molecule has 4 heteroatoms. The number of ether oxygens (including phenoxy) is 2. The Morgan fingerprint density at radius 2 is 1.50 bits per heavy atom. The quantitative estimate of drug-likeness (QED) is 0.281. The highest BCUT2D eigenvalue weighted by atomic mass is 16.6. The minimum absolute atomic E-state index is 0.0128. The van der Waals surface area contributed by atoms with Crippen LogP contribution in [-0.2, 0) is 19.1 Å². The molecule has 0 N–H and O–H groups in total. The van der Waals surface area contributed by atoms with Crippen molar-refractivity contribution in [2.45, 2.75) is 54.9 Å². The van der Waals surface area contributed by atoms with E-state index in [1.54, 1.807) is 6.08 Å². The average molecular weight is 363 g/mol. The molecule has 0 aromatic heterocycles. The average Bonchev–Trinajstić information content (AvgIpc) is 2.55. The van der Waals surface area contributed by atoms with Gasteiger partial charge in [-0.2, -0.15) is 0 Å². The molecule has 0 bridgehead atoms. The fourth-order valence-electron chi connectivity index (χ4n) is 2.62. The molecule has 146 valence electrons. The van der Waals surface area contributed by atoms with Gasteiger partial charge in [0.05, 0.1) is 13.2 Å². The van der Waals surface area contributed by atoms with Gasteiger partial charge < -0.3 is 9.47 Å². The highest BCUT2D eigenvalue weighted by Gasteiger charge is 2.40. The van der Waals surface area contributed by atoms with E-state index in [4.69, 9.17) is 9.47 Å². The predicted molar refractivity (Wildman–Crippen MR) is 104 cm³/mol. The third-order valence-electron chi connectivity index (χ3n) is 4.43. The minimum Gasteiger partial charge on any atom is -0.462 e. The SMILES string of the molecule is CC(C)COC(=O)C(=CC1(C(C)(C)C)C=CC=CC1)C(=O)OCC(C)C. The van der Waals surface area contributed by atoms with E-state index < -0.39 is 17.4 Å². The molecule has 0 aromatic carbocycles. The summed E-state index contributed by atoms with van der Waals surface area (Å²) in [6.45, 7) is 14.7. The van der Waals surface area contributed by atoms with Crippen molar-refractivity contribution in [2.24, 2.45) is 22.7 Å². The van der Waals surface area contributed by atoms with Crippen molar-refractivity contribution >= 4 is 11.9 Å². The van der Waals surface area contributed by atoms with E-state index in [9.17, 15) is 9.59 Å². The van der Waals surface area contributed by atoms with Gasteiger partial charge in [0, 0.05) is 5.41 Å². The van der Waals surface area contributed by atoms with Crippen LogP contribution >= 0.6 is 0 Å². The molecule has 0 aromatic rings. The van der Waals surface area contributed by atoms with Gasteiger partial charge in [0.2, 0.25) is 0 Å². The Hall–Kier alpha value is -1.84. The number of rotatable bonds is 7. The minimum atomic E-state index is -0.612. The Labute approximate surface area is 158 Å². The number of carbonyl (C=O) groups excluding carboxylic acids is 2. The van der Waals surface area contributed by atoms with E-state index in [1.165, 1.54) is 0 Å². The van der Waals surface area contributed by atoms with Crippen molar-refractivity contribution in [1.82, 2.24) is 0 Å². The maximum atomic E-state index is 12.6. The summed E-state index contributed by atoms with van der Waals surface area (Å²) in [7, 11) is 0. The molecule has 1 unspecified atom stereocenters. The second-order valence-corrected chi connectivity index (χ2v) is 8.82. The Morgan fingerprint density at radius 1 is 1.00 bits per heavy atom. The van der Waals surface area contributed by atoms with Crippen molar-refractivity contribution in [3.8, 4) is 0 Å². The lowest BCUT2D eigenvalue weighted by atomic mass is 9.62. The Balaban J connectivity index is 3.25. The van der Waals surface area contributed by atoms with Crippen molar-refractivity contribution in [3.05, 3.63) is 36.0 Å². The number of hydrogen-bond donors (Lipinski definition) is 0. The molecule has 0 spiro atoms. The van der Waals surface area contributed by atoms with Crippen LogP contribution in [0.15, 0.2) is 36.0 Å². The molecule has 0 saturated heterocycles. The zero-order valence-corrected chi connectivity index (χ0v) is 17.3. The zero-order chi connectivity index (χ0) is 20.0. The Kier molecular flexibility index (Phi) is 7.86.